The first-order chi connectivity index (χ1) is 10.6. The van der Waals surface area contributed by atoms with Crippen molar-refractivity contribution in [1.82, 2.24) is 5.32 Å². The minimum atomic E-state index is -2.46. The average molecular weight is 417 g/mol. The molecule has 1 aromatic rings. The molecule has 0 spiro atoms. The van der Waals surface area contributed by atoms with Crippen molar-refractivity contribution in [1.29, 1.82) is 0 Å². The molecule has 7 heteroatoms. The summed E-state index contributed by atoms with van der Waals surface area (Å²) < 4.78 is 2.79. The Kier molecular flexibility index (Phi) is 3.38. The number of nitrogens with one attached hydrogen (secondary N) is 1. The fraction of sp³-hybridized carbons (Fsp3) is 0.267. The van der Waals surface area contributed by atoms with E-state index < -0.39 is 27.4 Å². The molecule has 110 valence electrons. The second kappa shape index (κ2) is 5.16. The Morgan fingerprint density at radius 1 is 1.36 bits per heavy atom. The van der Waals surface area contributed by atoms with Gasteiger partial charge in [0.2, 0.25) is 0 Å². The fourth-order valence-electron chi connectivity index (χ4n) is 3.83. The van der Waals surface area contributed by atoms with Gasteiger partial charge in [-0.15, -0.1) is 0 Å². The van der Waals surface area contributed by atoms with E-state index in [0.29, 0.717) is 6.42 Å². The van der Waals surface area contributed by atoms with Gasteiger partial charge in [-0.1, -0.05) is 0 Å². The van der Waals surface area contributed by atoms with E-state index in [4.69, 9.17) is 5.11 Å². The summed E-state index contributed by atoms with van der Waals surface area (Å²) in [6, 6.07) is 6.20. The minimum absolute atomic E-state index is 0.137. The van der Waals surface area contributed by atoms with Crippen molar-refractivity contribution in [2.45, 2.75) is 21.8 Å². The number of carbonyl (C=O) groups is 3. The third-order valence-electron chi connectivity index (χ3n) is 4.63. The SMILES string of the molecule is O=C(O)CC[C]1=Cc2c3ccc[c]2[In]1[CH]3C1SC(=O)NC1=O. The van der Waals surface area contributed by atoms with Gasteiger partial charge in [-0.2, -0.15) is 0 Å². The summed E-state index contributed by atoms with van der Waals surface area (Å²) in [4.78, 5) is 34.5. The standard InChI is InChI=1S/C15H12NO4S.In/c17-13(18)8-4-3-6-10-5-1-2-7-11(10)9-12-14(19)16-15(20)21-12;/h1-2,6-7,9,12H,4,8H2,(H,17,18)(H,16,19,20);. The van der Waals surface area contributed by atoms with Crippen LogP contribution in [0, 0.1) is 0 Å². The van der Waals surface area contributed by atoms with Crippen LogP contribution in [0.15, 0.2) is 21.5 Å². The molecule has 3 aliphatic rings. The fourth-order valence-corrected chi connectivity index (χ4v) is 18.2. The van der Waals surface area contributed by atoms with Gasteiger partial charge in [-0.25, -0.2) is 0 Å². The molecule has 0 radical (unpaired) electrons. The number of carboxylic acid groups (broad SMARTS) is 1. The van der Waals surface area contributed by atoms with Gasteiger partial charge in [-0.05, 0) is 0 Å². The molecule has 5 nitrogen and oxygen atoms in total. The van der Waals surface area contributed by atoms with Gasteiger partial charge in [0, 0.05) is 0 Å². The number of allylic oxidation sites excluding steroid dienone is 1. The summed E-state index contributed by atoms with van der Waals surface area (Å²) in [5.41, 5.74) is 2.40. The number of hydrogen-bond donors (Lipinski definition) is 2. The molecule has 1 saturated heterocycles. The Hall–Kier alpha value is -1.21. The van der Waals surface area contributed by atoms with Crippen molar-refractivity contribution in [3.05, 3.63) is 32.7 Å². The van der Waals surface area contributed by atoms with E-state index in [1.165, 1.54) is 17.8 Å². The van der Waals surface area contributed by atoms with Crippen LogP contribution in [0.5, 0.6) is 0 Å². The molecular weight excluding hydrogens is 405 g/mol. The van der Waals surface area contributed by atoms with Gasteiger partial charge >= 0.3 is 139 Å². The first kappa shape index (κ1) is 14.4. The number of imide groups is 1. The third kappa shape index (κ3) is 2.06. The first-order valence-electron chi connectivity index (χ1n) is 7.13. The van der Waals surface area contributed by atoms with Crippen molar-refractivity contribution >= 4 is 59.7 Å². The van der Waals surface area contributed by atoms with E-state index in [1.807, 2.05) is 6.07 Å². The van der Waals surface area contributed by atoms with E-state index in [9.17, 15) is 14.4 Å². The van der Waals surface area contributed by atoms with E-state index in [-0.39, 0.29) is 26.5 Å². The van der Waals surface area contributed by atoms with Crippen LogP contribution in [-0.4, -0.2) is 48.9 Å². The molecule has 4 bridgehead atoms. The predicted molar refractivity (Wildman–Crippen MR) is 84.3 cm³/mol. The molecule has 3 heterocycles. The topological polar surface area (TPSA) is 83.5 Å². The van der Waals surface area contributed by atoms with Gasteiger partial charge in [0.05, 0.1) is 0 Å². The van der Waals surface area contributed by atoms with Crippen molar-refractivity contribution in [3.63, 3.8) is 0 Å². The van der Waals surface area contributed by atoms with E-state index in [2.05, 4.69) is 23.5 Å². The predicted octanol–water partition coefficient (Wildman–Crippen LogP) is 1.18. The molecule has 4 rings (SSSR count). The van der Waals surface area contributed by atoms with Crippen LogP contribution in [0.4, 0.5) is 4.79 Å². The Balaban J connectivity index is 1.70. The van der Waals surface area contributed by atoms with E-state index >= 15 is 0 Å². The van der Waals surface area contributed by atoms with Gasteiger partial charge < -0.3 is 0 Å². The molecule has 2 atom stereocenters. The molecule has 2 amide bonds. The first-order valence-corrected chi connectivity index (χ1v) is 13.2. The molecule has 22 heavy (non-hydrogen) atoms. The molecule has 3 aliphatic heterocycles. The van der Waals surface area contributed by atoms with Gasteiger partial charge in [-0.3, -0.25) is 0 Å². The number of benzene rings is 1. The number of rotatable bonds is 4. The van der Waals surface area contributed by atoms with Crippen LogP contribution in [0.1, 0.15) is 27.6 Å². The molecule has 0 aliphatic carbocycles. The summed E-state index contributed by atoms with van der Waals surface area (Å²) in [7, 11) is 0. The summed E-state index contributed by atoms with van der Waals surface area (Å²) in [6.45, 7) is 0. The van der Waals surface area contributed by atoms with E-state index in [1.54, 1.807) is 0 Å². The molecule has 2 N–H and O–H groups in total. The monoisotopic (exact) mass is 417 g/mol. The number of hydrogen-bond acceptors (Lipinski definition) is 4. The van der Waals surface area contributed by atoms with Crippen molar-refractivity contribution in [2.75, 3.05) is 0 Å². The van der Waals surface area contributed by atoms with Gasteiger partial charge in [0.15, 0.2) is 0 Å². The van der Waals surface area contributed by atoms with Crippen molar-refractivity contribution in [2.24, 2.45) is 0 Å². The Morgan fingerprint density at radius 2 is 2.18 bits per heavy atom. The molecule has 1 fully saturated rings. The van der Waals surface area contributed by atoms with Crippen LogP contribution >= 0.6 is 11.8 Å². The van der Waals surface area contributed by atoms with Crippen molar-refractivity contribution in [3.8, 4) is 0 Å². The van der Waals surface area contributed by atoms with E-state index in [0.717, 1.165) is 11.8 Å². The zero-order chi connectivity index (χ0) is 15.4. The average Bonchev–Trinajstić information content (AvgIpc) is 3.04. The zero-order valence-corrected chi connectivity index (χ0v) is 15.6. The Morgan fingerprint density at radius 3 is 2.82 bits per heavy atom. The quantitative estimate of drug-likeness (QED) is 0.769. The summed E-state index contributed by atoms with van der Waals surface area (Å²) in [5.74, 6) is -0.975. The van der Waals surface area contributed by atoms with Gasteiger partial charge in [0.25, 0.3) is 0 Å². The van der Waals surface area contributed by atoms with Crippen LogP contribution in [0.2, 0.25) is 0 Å². The molecular formula is C15H12InNO4S. The Bertz CT molecular complexity index is 760. The summed E-state index contributed by atoms with van der Waals surface area (Å²) >= 11 is -1.36. The summed E-state index contributed by atoms with van der Waals surface area (Å²) in [5, 5.41) is 10.7. The summed E-state index contributed by atoms with van der Waals surface area (Å²) in [6.07, 6.45) is 2.87. The van der Waals surface area contributed by atoms with Crippen LogP contribution in [0.3, 0.4) is 0 Å². The van der Waals surface area contributed by atoms with Crippen LogP contribution in [-0.2, 0) is 9.59 Å². The molecule has 2 unspecified atom stereocenters. The zero-order valence-electron chi connectivity index (χ0n) is 11.5. The van der Waals surface area contributed by atoms with Crippen molar-refractivity contribution < 1.29 is 19.5 Å². The maximum absolute atomic E-state index is 12.1. The second-order valence-electron chi connectivity index (χ2n) is 5.78. The molecule has 1 aromatic carbocycles. The number of amides is 2. The maximum atomic E-state index is 12.1. The number of carboxylic acids is 1. The number of thioether (sulfide) groups is 1. The van der Waals surface area contributed by atoms with Crippen LogP contribution < -0.4 is 8.64 Å². The van der Waals surface area contributed by atoms with Crippen LogP contribution in [0.25, 0.3) is 6.08 Å². The number of aliphatic carboxylic acids is 1. The normalized spacial score (nSPS) is 24.7. The van der Waals surface area contributed by atoms with Gasteiger partial charge in [0.1, 0.15) is 0 Å². The number of carbonyl (C=O) groups excluding carboxylic acids is 2. The Labute approximate surface area is 138 Å². The molecule has 0 aromatic heterocycles. The second-order valence-corrected chi connectivity index (χ2v) is 15.6. The molecule has 0 saturated carbocycles. The third-order valence-corrected chi connectivity index (χ3v) is 17.6.